The first-order valence-corrected chi connectivity index (χ1v) is 16.7. The molecule has 17 nitrogen and oxygen atoms in total. The molecule has 0 fully saturated rings. The monoisotopic (exact) mass is 671 g/mol. The lowest BCUT2D eigenvalue weighted by Crippen LogP contribution is -2.29. The fourth-order valence-electron chi connectivity index (χ4n) is 3.62. The van der Waals surface area contributed by atoms with Crippen molar-refractivity contribution in [3.8, 4) is 12.1 Å². The average molecular weight is 672 g/mol. The molecule has 4 aromatic rings. The minimum Gasteiger partial charge on any atom is -0.353 e. The van der Waals surface area contributed by atoms with Gasteiger partial charge in [0.2, 0.25) is 27.9 Å². The molecule has 0 spiro atoms. The van der Waals surface area contributed by atoms with Gasteiger partial charge in [-0.1, -0.05) is 12.1 Å². The molecule has 6 N–H and O–H groups in total. The second-order valence-electron chi connectivity index (χ2n) is 8.82. The van der Waals surface area contributed by atoms with E-state index in [1.54, 1.807) is 12.1 Å². The van der Waals surface area contributed by atoms with Crippen molar-refractivity contribution >= 4 is 59.5 Å². The van der Waals surface area contributed by atoms with Crippen molar-refractivity contribution in [3.05, 3.63) is 77.9 Å². The van der Waals surface area contributed by atoms with Gasteiger partial charge in [-0.2, -0.15) is 42.3 Å². The molecule has 0 radical (unpaired) electrons. The molecule has 232 valence electrons. The standard InChI is InChI=1S/C25H21N9O8S3/c26-14-16-7-8-20(11-17(16)15-27)43(35,36)29-10-9-28-23-32-24(30-18-3-1-5-21(12-18)44(37,38)39)34-25(33-23)31-19-4-2-6-22(13-19)45(40,41)42/h1-8,11-13,29H,9-10H2,(H,37,38,39)(H,40,41,42)(H3,28,30,31,32,33,34). The van der Waals surface area contributed by atoms with Gasteiger partial charge in [0.05, 0.1) is 25.8 Å². The Labute approximate surface area is 257 Å². The van der Waals surface area contributed by atoms with Crippen molar-refractivity contribution < 1.29 is 34.4 Å². The van der Waals surface area contributed by atoms with E-state index in [2.05, 4.69) is 35.6 Å². The Morgan fingerprint density at radius 1 is 0.622 bits per heavy atom. The Morgan fingerprint density at radius 3 is 1.62 bits per heavy atom. The van der Waals surface area contributed by atoms with E-state index in [0.29, 0.717) is 0 Å². The van der Waals surface area contributed by atoms with Crippen LogP contribution in [-0.2, 0) is 30.3 Å². The van der Waals surface area contributed by atoms with Gasteiger partial charge in [0.15, 0.2) is 0 Å². The van der Waals surface area contributed by atoms with Crippen molar-refractivity contribution in [2.75, 3.05) is 29.0 Å². The zero-order valence-electron chi connectivity index (χ0n) is 22.6. The van der Waals surface area contributed by atoms with Crippen molar-refractivity contribution in [1.82, 2.24) is 19.7 Å². The van der Waals surface area contributed by atoms with E-state index >= 15 is 0 Å². The molecule has 45 heavy (non-hydrogen) atoms. The number of aromatic nitrogens is 3. The molecule has 0 unspecified atom stereocenters. The Morgan fingerprint density at radius 2 is 1.13 bits per heavy atom. The highest BCUT2D eigenvalue weighted by Gasteiger charge is 2.17. The highest BCUT2D eigenvalue weighted by atomic mass is 32.2. The first-order chi connectivity index (χ1) is 21.2. The lowest BCUT2D eigenvalue weighted by atomic mass is 10.1. The summed E-state index contributed by atoms with van der Waals surface area (Å²) in [7, 11) is -13.1. The molecule has 0 aliphatic heterocycles. The van der Waals surface area contributed by atoms with E-state index in [0.717, 1.165) is 30.3 Å². The number of hydrogen-bond acceptors (Lipinski definition) is 14. The van der Waals surface area contributed by atoms with Crippen LogP contribution in [0.2, 0.25) is 0 Å². The molecule has 0 saturated carbocycles. The first kappa shape index (κ1) is 32.7. The fourth-order valence-corrected chi connectivity index (χ4v) is 5.73. The maximum absolute atomic E-state index is 12.7. The van der Waals surface area contributed by atoms with Gasteiger partial charge in [-0.15, -0.1) is 0 Å². The second-order valence-corrected chi connectivity index (χ2v) is 13.4. The van der Waals surface area contributed by atoms with E-state index in [4.69, 9.17) is 5.26 Å². The third kappa shape index (κ3) is 8.67. The molecular weight excluding hydrogens is 651 g/mol. The normalized spacial score (nSPS) is 11.6. The maximum Gasteiger partial charge on any atom is 0.294 e. The predicted octanol–water partition coefficient (Wildman–Crippen LogP) is 1.99. The summed E-state index contributed by atoms with van der Waals surface area (Å²) in [6.07, 6.45) is 0. The molecule has 1 aromatic heterocycles. The maximum atomic E-state index is 12.7. The van der Waals surface area contributed by atoms with Crippen molar-refractivity contribution in [2.24, 2.45) is 0 Å². The van der Waals surface area contributed by atoms with Crippen LogP contribution in [0.15, 0.2) is 81.4 Å². The number of sulfonamides is 1. The van der Waals surface area contributed by atoms with E-state index in [1.165, 1.54) is 36.4 Å². The number of rotatable bonds is 12. The van der Waals surface area contributed by atoms with Crippen LogP contribution >= 0.6 is 0 Å². The van der Waals surface area contributed by atoms with Gasteiger partial charge in [0, 0.05) is 24.5 Å². The molecule has 0 aliphatic carbocycles. The molecule has 20 heteroatoms. The topological polar surface area (TPSA) is 277 Å². The lowest BCUT2D eigenvalue weighted by molar-refractivity contribution is 0.481. The van der Waals surface area contributed by atoms with Gasteiger partial charge in [-0.3, -0.25) is 9.11 Å². The minimum atomic E-state index is -4.52. The summed E-state index contributed by atoms with van der Waals surface area (Å²) in [6.45, 7) is -0.256. The van der Waals surface area contributed by atoms with Crippen LogP contribution in [0.3, 0.4) is 0 Å². The number of nitrogens with zero attached hydrogens (tertiary/aromatic N) is 5. The van der Waals surface area contributed by atoms with Gasteiger partial charge < -0.3 is 16.0 Å². The summed E-state index contributed by atoms with van der Waals surface area (Å²) in [6, 6.07) is 17.2. The Kier molecular flexibility index (Phi) is 9.58. The van der Waals surface area contributed by atoms with Crippen LogP contribution in [0.1, 0.15) is 11.1 Å². The van der Waals surface area contributed by atoms with Gasteiger partial charge in [-0.05, 0) is 54.6 Å². The molecule has 4 rings (SSSR count). The number of anilines is 5. The van der Waals surface area contributed by atoms with Crippen molar-refractivity contribution in [2.45, 2.75) is 14.7 Å². The highest BCUT2D eigenvalue weighted by molar-refractivity contribution is 7.89. The van der Waals surface area contributed by atoms with E-state index < -0.39 is 40.1 Å². The second kappa shape index (κ2) is 13.2. The summed E-state index contributed by atoms with van der Waals surface area (Å²) in [5.74, 6) is -0.387. The quantitative estimate of drug-likeness (QED) is 0.0927. The molecule has 0 bridgehead atoms. The number of benzene rings is 3. The summed E-state index contributed by atoms with van der Waals surface area (Å²) in [5, 5.41) is 26.5. The van der Waals surface area contributed by atoms with Gasteiger partial charge >= 0.3 is 0 Å². The molecule has 0 saturated heterocycles. The molecule has 3 aromatic carbocycles. The van der Waals surface area contributed by atoms with Crippen LogP contribution < -0.4 is 20.7 Å². The van der Waals surface area contributed by atoms with E-state index in [9.17, 15) is 39.6 Å². The minimum absolute atomic E-state index is 0.0243. The largest absolute Gasteiger partial charge is 0.353 e. The van der Waals surface area contributed by atoms with Gasteiger partial charge in [0.1, 0.15) is 12.1 Å². The number of nitriles is 2. The zero-order chi connectivity index (χ0) is 32.8. The van der Waals surface area contributed by atoms with Crippen LogP contribution in [0.5, 0.6) is 0 Å². The number of nitrogens with one attached hydrogen (secondary N) is 4. The first-order valence-electron chi connectivity index (χ1n) is 12.3. The summed E-state index contributed by atoms with van der Waals surface area (Å²) < 4.78 is 92.7. The third-order valence-electron chi connectivity index (χ3n) is 5.65. The molecular formula is C25H21N9O8S3. The number of hydrogen-bond donors (Lipinski definition) is 6. The highest BCUT2D eigenvalue weighted by Crippen LogP contribution is 2.22. The molecule has 0 amide bonds. The fraction of sp³-hybridized carbons (Fsp3) is 0.0800. The van der Waals surface area contributed by atoms with Crippen LogP contribution in [0, 0.1) is 22.7 Å². The van der Waals surface area contributed by atoms with Gasteiger partial charge in [-0.25, -0.2) is 13.1 Å². The Hall–Kier alpha value is -5.22. The Bertz CT molecular complexity index is 2090. The van der Waals surface area contributed by atoms with Crippen LogP contribution in [0.4, 0.5) is 29.2 Å². The van der Waals surface area contributed by atoms with Crippen molar-refractivity contribution in [1.29, 1.82) is 10.5 Å². The van der Waals surface area contributed by atoms with E-state index in [1.807, 2.05) is 0 Å². The predicted molar refractivity (Wildman–Crippen MR) is 158 cm³/mol. The smallest absolute Gasteiger partial charge is 0.294 e. The zero-order valence-corrected chi connectivity index (χ0v) is 25.0. The summed E-state index contributed by atoms with van der Waals surface area (Å²) in [4.78, 5) is 11.5. The van der Waals surface area contributed by atoms with Crippen LogP contribution in [0.25, 0.3) is 0 Å². The molecule has 1 heterocycles. The van der Waals surface area contributed by atoms with Crippen LogP contribution in [-0.4, -0.2) is 62.4 Å². The lowest BCUT2D eigenvalue weighted by Gasteiger charge is -2.13. The van der Waals surface area contributed by atoms with Gasteiger partial charge in [0.25, 0.3) is 20.2 Å². The molecule has 0 atom stereocenters. The van der Waals surface area contributed by atoms with Crippen molar-refractivity contribution in [3.63, 3.8) is 0 Å². The molecule has 0 aliphatic rings. The Balaban J connectivity index is 1.56. The van der Waals surface area contributed by atoms with E-state index in [-0.39, 0.29) is 58.3 Å². The summed E-state index contributed by atoms with van der Waals surface area (Å²) >= 11 is 0. The SMILES string of the molecule is N#Cc1ccc(S(=O)(=O)NCCNc2nc(Nc3cccc(S(=O)(=O)O)c3)nc(Nc3cccc(S(=O)(=O)O)c3)n2)cc1C#N. The average Bonchev–Trinajstić information content (AvgIpc) is 2.98. The summed E-state index contributed by atoms with van der Waals surface area (Å²) in [5.41, 5.74) is 0.242. The third-order valence-corrected chi connectivity index (χ3v) is 8.81.